The van der Waals surface area contributed by atoms with Gasteiger partial charge in [0.15, 0.2) is 5.75 Å². The number of ether oxygens (including phenoxy) is 1. The zero-order chi connectivity index (χ0) is 12.4. The SMILES string of the molecule is COc1ccc(-c2ncc(C)[nH]2)cc1[N+](=O)[O-]. The van der Waals surface area contributed by atoms with Crippen LogP contribution in [0.2, 0.25) is 0 Å². The van der Waals surface area contributed by atoms with Crippen molar-refractivity contribution in [3.8, 4) is 17.1 Å². The number of nitrogens with one attached hydrogen (secondary N) is 1. The Hall–Kier alpha value is -2.37. The van der Waals surface area contributed by atoms with Gasteiger partial charge in [0.1, 0.15) is 5.82 Å². The van der Waals surface area contributed by atoms with Crippen LogP contribution >= 0.6 is 0 Å². The van der Waals surface area contributed by atoms with E-state index in [0.29, 0.717) is 11.4 Å². The fourth-order valence-corrected chi connectivity index (χ4v) is 1.54. The molecule has 0 fully saturated rings. The van der Waals surface area contributed by atoms with Gasteiger partial charge in [-0.15, -0.1) is 0 Å². The van der Waals surface area contributed by atoms with Crippen molar-refractivity contribution in [3.05, 3.63) is 40.2 Å². The molecule has 0 aliphatic heterocycles. The number of H-pyrrole nitrogens is 1. The van der Waals surface area contributed by atoms with Crippen molar-refractivity contribution >= 4 is 5.69 Å². The lowest BCUT2D eigenvalue weighted by Gasteiger charge is -2.03. The third kappa shape index (κ3) is 2.10. The largest absolute Gasteiger partial charge is 0.490 e. The molecule has 17 heavy (non-hydrogen) atoms. The number of nitrogens with zero attached hydrogens (tertiary/aromatic N) is 2. The van der Waals surface area contributed by atoms with Crippen molar-refractivity contribution in [2.24, 2.45) is 0 Å². The van der Waals surface area contributed by atoms with Gasteiger partial charge in [-0.25, -0.2) is 4.98 Å². The highest BCUT2D eigenvalue weighted by atomic mass is 16.6. The maximum atomic E-state index is 10.9. The zero-order valence-corrected chi connectivity index (χ0v) is 9.43. The van der Waals surface area contributed by atoms with Crippen LogP contribution in [0.4, 0.5) is 5.69 Å². The Morgan fingerprint density at radius 2 is 2.24 bits per heavy atom. The van der Waals surface area contributed by atoms with E-state index in [0.717, 1.165) is 5.69 Å². The first kappa shape index (κ1) is 11.1. The van der Waals surface area contributed by atoms with Gasteiger partial charge in [-0.3, -0.25) is 10.1 Å². The summed E-state index contributed by atoms with van der Waals surface area (Å²) in [6.45, 7) is 1.87. The molecule has 2 aromatic rings. The Balaban J connectivity index is 2.50. The number of nitro benzene ring substituents is 1. The van der Waals surface area contributed by atoms with Gasteiger partial charge in [0.2, 0.25) is 0 Å². The summed E-state index contributed by atoms with van der Waals surface area (Å²) in [6, 6.07) is 4.73. The number of imidazole rings is 1. The predicted octanol–water partition coefficient (Wildman–Crippen LogP) is 2.30. The number of hydrogen-bond donors (Lipinski definition) is 1. The highest BCUT2D eigenvalue weighted by Gasteiger charge is 2.16. The molecule has 6 nitrogen and oxygen atoms in total. The molecule has 0 saturated carbocycles. The molecule has 1 N–H and O–H groups in total. The molecule has 1 aromatic carbocycles. The van der Waals surface area contributed by atoms with Crippen LogP contribution in [0.15, 0.2) is 24.4 Å². The molecule has 1 aromatic heterocycles. The standard InChI is InChI=1S/C11H11N3O3/c1-7-6-12-11(13-7)8-3-4-10(17-2)9(5-8)14(15)16/h3-6H,1-2H3,(H,12,13). The van der Waals surface area contributed by atoms with Crippen LogP contribution < -0.4 is 4.74 Å². The molecule has 0 atom stereocenters. The molecular weight excluding hydrogens is 222 g/mol. The molecule has 0 spiro atoms. The van der Waals surface area contributed by atoms with E-state index in [2.05, 4.69) is 9.97 Å². The van der Waals surface area contributed by atoms with Gasteiger partial charge < -0.3 is 9.72 Å². The number of hydrogen-bond acceptors (Lipinski definition) is 4. The molecule has 1 heterocycles. The van der Waals surface area contributed by atoms with E-state index in [1.165, 1.54) is 13.2 Å². The lowest BCUT2D eigenvalue weighted by atomic mass is 10.2. The summed E-state index contributed by atoms with van der Waals surface area (Å²) in [6.07, 6.45) is 1.67. The molecule has 0 bridgehead atoms. The van der Waals surface area contributed by atoms with Crippen LogP contribution in [0, 0.1) is 17.0 Å². The molecule has 0 unspecified atom stereocenters. The van der Waals surface area contributed by atoms with E-state index < -0.39 is 4.92 Å². The number of rotatable bonds is 3. The van der Waals surface area contributed by atoms with Gasteiger partial charge in [0, 0.05) is 23.5 Å². The van der Waals surface area contributed by atoms with Crippen LogP contribution in [-0.4, -0.2) is 22.0 Å². The first-order valence-electron chi connectivity index (χ1n) is 4.96. The topological polar surface area (TPSA) is 81.0 Å². The Morgan fingerprint density at radius 1 is 1.47 bits per heavy atom. The summed E-state index contributed by atoms with van der Waals surface area (Å²) in [5.74, 6) is 0.843. The first-order valence-corrected chi connectivity index (χ1v) is 4.96. The third-order valence-electron chi connectivity index (χ3n) is 2.35. The maximum Gasteiger partial charge on any atom is 0.311 e. The van der Waals surface area contributed by atoms with Gasteiger partial charge in [-0.2, -0.15) is 0 Å². The fourth-order valence-electron chi connectivity index (χ4n) is 1.54. The van der Waals surface area contributed by atoms with Gasteiger partial charge in [0.05, 0.1) is 12.0 Å². The lowest BCUT2D eigenvalue weighted by Crippen LogP contribution is -1.94. The summed E-state index contributed by atoms with van der Waals surface area (Å²) in [5, 5.41) is 10.9. The van der Waals surface area contributed by atoms with Crippen molar-refractivity contribution in [1.29, 1.82) is 0 Å². The van der Waals surface area contributed by atoms with E-state index >= 15 is 0 Å². The minimum Gasteiger partial charge on any atom is -0.490 e. The smallest absolute Gasteiger partial charge is 0.311 e. The number of benzene rings is 1. The van der Waals surface area contributed by atoms with Crippen molar-refractivity contribution in [1.82, 2.24) is 9.97 Å². The normalized spacial score (nSPS) is 10.2. The van der Waals surface area contributed by atoms with Crippen LogP contribution in [0.25, 0.3) is 11.4 Å². The van der Waals surface area contributed by atoms with E-state index in [-0.39, 0.29) is 11.4 Å². The summed E-state index contributed by atoms with van der Waals surface area (Å²) in [7, 11) is 1.40. The Labute approximate surface area is 97.4 Å². The minimum absolute atomic E-state index is 0.0703. The Morgan fingerprint density at radius 3 is 2.76 bits per heavy atom. The highest BCUT2D eigenvalue weighted by molar-refractivity contribution is 5.63. The molecular formula is C11H11N3O3. The van der Waals surface area contributed by atoms with Crippen molar-refractivity contribution in [3.63, 3.8) is 0 Å². The van der Waals surface area contributed by atoms with E-state index in [1.54, 1.807) is 18.3 Å². The van der Waals surface area contributed by atoms with E-state index in [1.807, 2.05) is 6.92 Å². The average molecular weight is 233 g/mol. The quantitative estimate of drug-likeness (QED) is 0.651. The fraction of sp³-hybridized carbons (Fsp3) is 0.182. The number of aromatic nitrogens is 2. The number of aryl methyl sites for hydroxylation is 1. The van der Waals surface area contributed by atoms with Gasteiger partial charge >= 0.3 is 5.69 Å². The van der Waals surface area contributed by atoms with E-state index in [9.17, 15) is 10.1 Å². The van der Waals surface area contributed by atoms with Crippen LogP contribution in [-0.2, 0) is 0 Å². The summed E-state index contributed by atoms with van der Waals surface area (Å²) >= 11 is 0. The van der Waals surface area contributed by atoms with Crippen LogP contribution in [0.5, 0.6) is 5.75 Å². The molecule has 0 aliphatic carbocycles. The average Bonchev–Trinajstić information content (AvgIpc) is 2.75. The Bertz CT molecular complexity index is 563. The molecule has 0 amide bonds. The first-order chi connectivity index (χ1) is 8.11. The summed E-state index contributed by atoms with van der Waals surface area (Å²) in [4.78, 5) is 17.5. The van der Waals surface area contributed by atoms with Crippen LogP contribution in [0.1, 0.15) is 5.69 Å². The molecule has 88 valence electrons. The number of aromatic amines is 1. The predicted molar refractivity (Wildman–Crippen MR) is 62.0 cm³/mol. The van der Waals surface area contributed by atoms with Crippen molar-refractivity contribution in [2.75, 3.05) is 7.11 Å². The second kappa shape index (κ2) is 4.25. The number of methoxy groups -OCH3 is 1. The van der Waals surface area contributed by atoms with E-state index in [4.69, 9.17) is 4.74 Å². The van der Waals surface area contributed by atoms with Crippen molar-refractivity contribution in [2.45, 2.75) is 6.92 Å². The molecule has 0 aliphatic rings. The zero-order valence-electron chi connectivity index (χ0n) is 9.43. The van der Waals surface area contributed by atoms with Gasteiger partial charge in [-0.05, 0) is 19.1 Å². The van der Waals surface area contributed by atoms with Gasteiger partial charge in [0.25, 0.3) is 0 Å². The molecule has 2 rings (SSSR count). The molecule has 0 saturated heterocycles. The second-order valence-electron chi connectivity index (χ2n) is 3.56. The highest BCUT2D eigenvalue weighted by Crippen LogP contribution is 2.30. The number of nitro groups is 1. The maximum absolute atomic E-state index is 10.9. The molecule has 6 heteroatoms. The third-order valence-corrected chi connectivity index (χ3v) is 2.35. The summed E-state index contributed by atoms with van der Waals surface area (Å²) < 4.78 is 4.93. The summed E-state index contributed by atoms with van der Waals surface area (Å²) in [5.41, 5.74) is 1.49. The Kier molecular flexibility index (Phi) is 2.78. The lowest BCUT2D eigenvalue weighted by molar-refractivity contribution is -0.385. The van der Waals surface area contributed by atoms with Crippen molar-refractivity contribution < 1.29 is 9.66 Å². The second-order valence-corrected chi connectivity index (χ2v) is 3.56. The van der Waals surface area contributed by atoms with Gasteiger partial charge in [-0.1, -0.05) is 0 Å². The monoisotopic (exact) mass is 233 g/mol. The van der Waals surface area contributed by atoms with Crippen LogP contribution in [0.3, 0.4) is 0 Å². The minimum atomic E-state index is -0.474. The molecule has 0 radical (unpaired) electrons.